The van der Waals surface area contributed by atoms with Crippen LogP contribution in [-0.4, -0.2) is 43.8 Å². The van der Waals surface area contributed by atoms with Crippen LogP contribution in [0.3, 0.4) is 0 Å². The second-order valence-corrected chi connectivity index (χ2v) is 4.59. The summed E-state index contributed by atoms with van der Waals surface area (Å²) in [5.41, 5.74) is 0.482. The van der Waals surface area contributed by atoms with E-state index in [0.29, 0.717) is 21.5 Å². The zero-order chi connectivity index (χ0) is 12.0. The van der Waals surface area contributed by atoms with Gasteiger partial charge in [-0.15, -0.1) is 0 Å². The molecule has 0 bridgehead atoms. The Morgan fingerprint density at radius 3 is 3.06 bits per heavy atom. The molecule has 0 saturated carbocycles. The highest BCUT2D eigenvalue weighted by Gasteiger charge is 2.32. The first-order valence-electron chi connectivity index (χ1n) is 5.00. The van der Waals surface area contributed by atoms with Gasteiger partial charge in [0.1, 0.15) is 10.9 Å². The summed E-state index contributed by atoms with van der Waals surface area (Å²) in [6, 6.07) is 0. The molecular formula is C9H8BrN5O2. The smallest absolute Gasteiger partial charge is 0.230 e. The summed E-state index contributed by atoms with van der Waals surface area (Å²) in [7, 11) is 0. The maximum atomic E-state index is 11.7. The normalized spacial score (nSPS) is 20.5. The van der Waals surface area contributed by atoms with Crippen molar-refractivity contribution in [2.24, 2.45) is 0 Å². The third-order valence-electron chi connectivity index (χ3n) is 2.65. The predicted octanol–water partition coefficient (Wildman–Crippen LogP) is 0.213. The number of aromatic amines is 1. The number of hydrogen-bond donors (Lipinski definition) is 2. The number of nitrogens with one attached hydrogen (secondary N) is 1. The Balaban J connectivity index is 2.17. The van der Waals surface area contributed by atoms with E-state index < -0.39 is 6.10 Å². The van der Waals surface area contributed by atoms with Gasteiger partial charge in [-0.25, -0.2) is 9.97 Å². The Kier molecular flexibility index (Phi) is 2.33. The van der Waals surface area contributed by atoms with E-state index in [1.807, 2.05) is 0 Å². The summed E-state index contributed by atoms with van der Waals surface area (Å²) < 4.78 is 0.622. The number of aliphatic hydroxyl groups excluding tert-OH is 1. The van der Waals surface area contributed by atoms with Crippen molar-refractivity contribution in [3.8, 4) is 0 Å². The van der Waals surface area contributed by atoms with Crippen molar-refractivity contribution in [3.05, 3.63) is 10.9 Å². The maximum absolute atomic E-state index is 11.7. The van der Waals surface area contributed by atoms with Crippen molar-refractivity contribution in [1.82, 2.24) is 20.2 Å². The molecule has 1 fully saturated rings. The Hall–Kier alpha value is -1.54. The number of aliphatic hydroxyl groups is 1. The van der Waals surface area contributed by atoms with Gasteiger partial charge < -0.3 is 5.11 Å². The molecule has 3 rings (SSSR count). The molecule has 1 amide bonds. The van der Waals surface area contributed by atoms with Crippen LogP contribution in [0, 0.1) is 0 Å². The minimum Gasteiger partial charge on any atom is -0.391 e. The van der Waals surface area contributed by atoms with E-state index in [0.717, 1.165) is 0 Å². The molecule has 1 atom stereocenters. The quantitative estimate of drug-likeness (QED) is 0.785. The van der Waals surface area contributed by atoms with Gasteiger partial charge in [0.25, 0.3) is 0 Å². The topological polar surface area (TPSA) is 95.0 Å². The van der Waals surface area contributed by atoms with Crippen molar-refractivity contribution in [1.29, 1.82) is 0 Å². The minimum absolute atomic E-state index is 0.126. The molecule has 1 saturated heterocycles. The van der Waals surface area contributed by atoms with Crippen LogP contribution in [0.1, 0.15) is 6.42 Å². The van der Waals surface area contributed by atoms with E-state index in [2.05, 4.69) is 36.1 Å². The Morgan fingerprint density at radius 1 is 1.53 bits per heavy atom. The molecule has 2 aromatic heterocycles. The summed E-state index contributed by atoms with van der Waals surface area (Å²) in [5.74, 6) is 0.322. The second kappa shape index (κ2) is 3.74. The Labute approximate surface area is 104 Å². The SMILES string of the molecule is O=C1CC(O)CN1c1ncnc2n[nH]c(Br)c12. The zero-order valence-corrected chi connectivity index (χ0v) is 10.2. The van der Waals surface area contributed by atoms with Crippen molar-refractivity contribution >= 4 is 38.7 Å². The number of aromatic nitrogens is 4. The average Bonchev–Trinajstić information content (AvgIpc) is 2.83. The molecule has 2 aromatic rings. The van der Waals surface area contributed by atoms with Gasteiger partial charge in [0.05, 0.1) is 24.5 Å². The molecule has 1 aliphatic heterocycles. The fourth-order valence-electron chi connectivity index (χ4n) is 1.90. The number of carbonyl (C=O) groups is 1. The summed E-state index contributed by atoms with van der Waals surface area (Å²) in [6.07, 6.45) is 0.836. The largest absolute Gasteiger partial charge is 0.391 e. The van der Waals surface area contributed by atoms with E-state index in [1.165, 1.54) is 11.2 Å². The number of amides is 1. The highest BCUT2D eigenvalue weighted by Crippen LogP contribution is 2.30. The van der Waals surface area contributed by atoms with E-state index in [-0.39, 0.29) is 18.9 Å². The zero-order valence-electron chi connectivity index (χ0n) is 8.59. The summed E-state index contributed by atoms with van der Waals surface area (Å²) in [6.45, 7) is 0.253. The van der Waals surface area contributed by atoms with Crippen LogP contribution in [-0.2, 0) is 4.79 Å². The number of nitrogens with zero attached hydrogens (tertiary/aromatic N) is 4. The van der Waals surface area contributed by atoms with Crippen LogP contribution in [0.25, 0.3) is 11.0 Å². The molecule has 17 heavy (non-hydrogen) atoms. The minimum atomic E-state index is -0.641. The molecule has 0 aliphatic carbocycles. The Morgan fingerprint density at radius 2 is 2.35 bits per heavy atom. The fourth-order valence-corrected chi connectivity index (χ4v) is 2.35. The first-order chi connectivity index (χ1) is 8.16. The standard InChI is InChI=1S/C9H8BrN5O2/c10-7-6-8(14-13-7)11-3-12-9(6)15-2-4(16)1-5(15)17/h3-4,16H,1-2H2,(H,11,12,13,14). The highest BCUT2D eigenvalue weighted by atomic mass is 79.9. The number of fused-ring (bicyclic) bond motifs is 1. The van der Waals surface area contributed by atoms with Gasteiger partial charge in [0.2, 0.25) is 5.91 Å². The van der Waals surface area contributed by atoms with Crippen molar-refractivity contribution in [3.63, 3.8) is 0 Å². The number of H-pyrrole nitrogens is 1. The predicted molar refractivity (Wildman–Crippen MR) is 62.4 cm³/mol. The third kappa shape index (κ3) is 1.60. The van der Waals surface area contributed by atoms with Crippen LogP contribution in [0.4, 0.5) is 5.82 Å². The summed E-state index contributed by atoms with van der Waals surface area (Å²) in [4.78, 5) is 21.3. The molecule has 1 aliphatic rings. The molecule has 0 spiro atoms. The second-order valence-electron chi connectivity index (χ2n) is 3.80. The summed E-state index contributed by atoms with van der Waals surface area (Å²) >= 11 is 3.30. The lowest BCUT2D eigenvalue weighted by Gasteiger charge is -2.14. The van der Waals surface area contributed by atoms with Gasteiger partial charge in [0, 0.05) is 0 Å². The first kappa shape index (κ1) is 10.6. The fraction of sp³-hybridized carbons (Fsp3) is 0.333. The van der Waals surface area contributed by atoms with Crippen molar-refractivity contribution < 1.29 is 9.90 Å². The monoisotopic (exact) mass is 297 g/mol. The van der Waals surface area contributed by atoms with Gasteiger partial charge in [0.15, 0.2) is 11.5 Å². The molecule has 7 nitrogen and oxygen atoms in total. The molecule has 88 valence electrons. The maximum Gasteiger partial charge on any atom is 0.230 e. The van der Waals surface area contributed by atoms with Crippen LogP contribution >= 0.6 is 15.9 Å². The molecule has 0 radical (unpaired) electrons. The number of anilines is 1. The molecule has 2 N–H and O–H groups in total. The molecular weight excluding hydrogens is 290 g/mol. The molecule has 3 heterocycles. The van der Waals surface area contributed by atoms with Crippen LogP contribution in [0.15, 0.2) is 10.9 Å². The summed E-state index contributed by atoms with van der Waals surface area (Å²) in [5, 5.41) is 16.8. The van der Waals surface area contributed by atoms with Gasteiger partial charge >= 0.3 is 0 Å². The van der Waals surface area contributed by atoms with Crippen LogP contribution < -0.4 is 4.90 Å². The van der Waals surface area contributed by atoms with Crippen LogP contribution in [0.2, 0.25) is 0 Å². The number of hydrogen-bond acceptors (Lipinski definition) is 5. The lowest BCUT2D eigenvalue weighted by Crippen LogP contribution is -2.26. The van der Waals surface area contributed by atoms with Gasteiger partial charge in [-0.1, -0.05) is 0 Å². The van der Waals surface area contributed by atoms with Gasteiger partial charge in [-0.2, -0.15) is 5.10 Å². The highest BCUT2D eigenvalue weighted by molar-refractivity contribution is 9.10. The van der Waals surface area contributed by atoms with E-state index in [1.54, 1.807) is 0 Å². The van der Waals surface area contributed by atoms with Gasteiger partial charge in [-0.3, -0.25) is 14.8 Å². The first-order valence-corrected chi connectivity index (χ1v) is 5.79. The Bertz CT molecular complexity index is 598. The molecule has 0 aromatic carbocycles. The number of halogens is 1. The number of rotatable bonds is 1. The van der Waals surface area contributed by atoms with Crippen LogP contribution in [0.5, 0.6) is 0 Å². The van der Waals surface area contributed by atoms with Gasteiger partial charge in [-0.05, 0) is 15.9 Å². The lowest BCUT2D eigenvalue weighted by atomic mass is 10.3. The average molecular weight is 298 g/mol. The van der Waals surface area contributed by atoms with E-state index in [9.17, 15) is 9.90 Å². The molecule has 1 unspecified atom stereocenters. The third-order valence-corrected chi connectivity index (χ3v) is 3.22. The number of carbonyl (C=O) groups excluding carboxylic acids is 1. The number of β-amino-alcohol motifs (C(OH)–C–C–N with tert-alkyl or cyclic N) is 1. The van der Waals surface area contributed by atoms with E-state index >= 15 is 0 Å². The van der Waals surface area contributed by atoms with Crippen molar-refractivity contribution in [2.75, 3.05) is 11.4 Å². The van der Waals surface area contributed by atoms with Crippen molar-refractivity contribution in [2.45, 2.75) is 12.5 Å². The molecule has 8 heteroatoms. The lowest BCUT2D eigenvalue weighted by molar-refractivity contribution is -0.117. The van der Waals surface area contributed by atoms with E-state index in [4.69, 9.17) is 0 Å².